The zero-order chi connectivity index (χ0) is 19.0. The molecule has 0 amide bonds. The van der Waals surface area contributed by atoms with Gasteiger partial charge in [0.05, 0.1) is 6.10 Å². The second-order valence-corrected chi connectivity index (χ2v) is 9.58. The number of rotatable bonds is 5. The second-order valence-electron chi connectivity index (χ2n) is 7.77. The van der Waals surface area contributed by atoms with Crippen LogP contribution in [0, 0.1) is 0 Å². The van der Waals surface area contributed by atoms with Crippen molar-refractivity contribution in [2.75, 3.05) is 0 Å². The molecule has 2 N–H and O–H groups in total. The molecule has 2 heterocycles. The normalized spacial score (nSPS) is 27.4. The van der Waals surface area contributed by atoms with E-state index in [0.29, 0.717) is 17.3 Å². The zero-order valence-corrected chi connectivity index (χ0v) is 17.0. The smallest absolute Gasteiger partial charge is 0.115 e. The fourth-order valence-electron chi connectivity index (χ4n) is 4.74. The van der Waals surface area contributed by atoms with Gasteiger partial charge in [0.15, 0.2) is 0 Å². The van der Waals surface area contributed by atoms with Crippen molar-refractivity contribution in [1.29, 1.82) is 0 Å². The summed E-state index contributed by atoms with van der Waals surface area (Å²) in [4.78, 5) is 3.84. The standard InChI is InChI=1S/C22H26ClNO2S/c1-14(22(26)15-2-8-19(25)9-3-15)24-17-6-7-18(24)13-21(12-17)27-20-10-4-16(23)5-11-20/h2-5,8-11,14,17-18,21-22,25-26H,6-7,12-13H2,1H3/t14-,17-,18-,22+/m0/s1. The van der Waals surface area contributed by atoms with E-state index in [1.807, 2.05) is 36.0 Å². The summed E-state index contributed by atoms with van der Waals surface area (Å²) in [5, 5.41) is 21.8. The Morgan fingerprint density at radius 3 is 2.19 bits per heavy atom. The van der Waals surface area contributed by atoms with Crippen molar-refractivity contribution in [2.24, 2.45) is 0 Å². The van der Waals surface area contributed by atoms with E-state index in [9.17, 15) is 10.2 Å². The van der Waals surface area contributed by atoms with Crippen molar-refractivity contribution in [1.82, 2.24) is 4.90 Å². The van der Waals surface area contributed by atoms with Crippen LogP contribution in [-0.4, -0.2) is 38.5 Å². The molecule has 2 aliphatic heterocycles. The number of hydrogen-bond donors (Lipinski definition) is 2. The van der Waals surface area contributed by atoms with Gasteiger partial charge in [0.25, 0.3) is 0 Å². The number of phenolic OH excluding ortho intramolecular Hbond substituents is 1. The van der Waals surface area contributed by atoms with Crippen molar-refractivity contribution in [3.8, 4) is 5.75 Å². The Bertz CT molecular complexity index is 753. The molecular weight excluding hydrogens is 378 g/mol. The topological polar surface area (TPSA) is 43.7 Å². The van der Waals surface area contributed by atoms with Gasteiger partial charge in [-0.05, 0) is 74.6 Å². The van der Waals surface area contributed by atoms with E-state index in [1.54, 1.807) is 12.1 Å². The molecule has 5 heteroatoms. The first-order chi connectivity index (χ1) is 13.0. The zero-order valence-electron chi connectivity index (χ0n) is 15.5. The molecule has 144 valence electrons. The number of hydrogen-bond acceptors (Lipinski definition) is 4. The molecule has 4 atom stereocenters. The monoisotopic (exact) mass is 403 g/mol. The van der Waals surface area contributed by atoms with E-state index < -0.39 is 6.10 Å². The molecular formula is C22H26ClNO2S. The quantitative estimate of drug-likeness (QED) is 0.715. The highest BCUT2D eigenvalue weighted by molar-refractivity contribution is 8.00. The average Bonchev–Trinajstić information content (AvgIpc) is 2.93. The Morgan fingerprint density at radius 1 is 1.00 bits per heavy atom. The Morgan fingerprint density at radius 2 is 1.59 bits per heavy atom. The van der Waals surface area contributed by atoms with Gasteiger partial charge in [0.2, 0.25) is 0 Å². The Kier molecular flexibility index (Phi) is 5.70. The Hall–Kier alpha value is -1.20. The van der Waals surface area contributed by atoms with Crippen LogP contribution in [0.3, 0.4) is 0 Å². The first-order valence-electron chi connectivity index (χ1n) is 9.68. The average molecular weight is 404 g/mol. The fourth-order valence-corrected chi connectivity index (χ4v) is 6.18. The lowest BCUT2D eigenvalue weighted by atomic mass is 9.95. The molecule has 2 bridgehead atoms. The number of halogens is 1. The second kappa shape index (κ2) is 8.04. The van der Waals surface area contributed by atoms with E-state index in [1.165, 1.54) is 17.7 Å². The van der Waals surface area contributed by atoms with Crippen LogP contribution in [0.1, 0.15) is 44.3 Å². The maximum Gasteiger partial charge on any atom is 0.115 e. The highest BCUT2D eigenvalue weighted by Crippen LogP contribution is 2.44. The highest BCUT2D eigenvalue weighted by Gasteiger charge is 2.44. The highest BCUT2D eigenvalue weighted by atomic mass is 35.5. The lowest BCUT2D eigenvalue weighted by Gasteiger charge is -2.43. The molecule has 0 aliphatic carbocycles. The summed E-state index contributed by atoms with van der Waals surface area (Å²) in [5.41, 5.74) is 0.873. The summed E-state index contributed by atoms with van der Waals surface area (Å²) in [7, 11) is 0. The molecule has 0 spiro atoms. The fraction of sp³-hybridized carbons (Fsp3) is 0.455. The molecule has 0 aromatic heterocycles. The molecule has 3 nitrogen and oxygen atoms in total. The number of piperidine rings is 1. The van der Waals surface area contributed by atoms with Crippen LogP contribution in [0.5, 0.6) is 5.75 Å². The van der Waals surface area contributed by atoms with Gasteiger partial charge in [0, 0.05) is 33.3 Å². The summed E-state index contributed by atoms with van der Waals surface area (Å²) in [6.07, 6.45) is 4.23. The number of aromatic hydroxyl groups is 1. The maximum atomic E-state index is 10.9. The molecule has 27 heavy (non-hydrogen) atoms. The van der Waals surface area contributed by atoms with Gasteiger partial charge >= 0.3 is 0 Å². The Balaban J connectivity index is 1.42. The van der Waals surface area contributed by atoms with E-state index in [4.69, 9.17) is 11.6 Å². The molecule has 4 rings (SSSR count). The number of phenols is 1. The Labute approximate surface area is 170 Å². The van der Waals surface area contributed by atoms with Crippen molar-refractivity contribution in [3.05, 3.63) is 59.1 Å². The van der Waals surface area contributed by atoms with E-state index in [-0.39, 0.29) is 11.8 Å². The molecule has 0 saturated carbocycles. The van der Waals surface area contributed by atoms with Crippen LogP contribution in [0.25, 0.3) is 0 Å². The lowest BCUT2D eigenvalue weighted by molar-refractivity contribution is 0.0115. The third-order valence-electron chi connectivity index (χ3n) is 6.02. The van der Waals surface area contributed by atoms with Gasteiger partial charge in [-0.1, -0.05) is 23.7 Å². The molecule has 2 aliphatic rings. The van der Waals surface area contributed by atoms with Crippen LogP contribution in [0.15, 0.2) is 53.4 Å². The van der Waals surface area contributed by atoms with Crippen LogP contribution in [0.2, 0.25) is 5.02 Å². The van der Waals surface area contributed by atoms with Crippen LogP contribution >= 0.6 is 23.4 Å². The van der Waals surface area contributed by atoms with E-state index in [2.05, 4.69) is 24.0 Å². The van der Waals surface area contributed by atoms with Gasteiger partial charge in [-0.15, -0.1) is 11.8 Å². The number of benzene rings is 2. The molecule has 2 saturated heterocycles. The van der Waals surface area contributed by atoms with Gasteiger partial charge < -0.3 is 10.2 Å². The third-order valence-corrected chi connectivity index (χ3v) is 7.54. The number of aliphatic hydroxyl groups excluding tert-OH is 1. The molecule has 2 aromatic rings. The summed E-state index contributed by atoms with van der Waals surface area (Å²) < 4.78 is 0. The minimum Gasteiger partial charge on any atom is -0.508 e. The van der Waals surface area contributed by atoms with E-state index >= 15 is 0 Å². The summed E-state index contributed by atoms with van der Waals surface area (Å²) in [5.74, 6) is 0.235. The minimum absolute atomic E-state index is 0.0773. The van der Waals surface area contributed by atoms with Gasteiger partial charge in [-0.25, -0.2) is 0 Å². The molecule has 0 radical (unpaired) electrons. The molecule has 2 fully saturated rings. The summed E-state index contributed by atoms with van der Waals surface area (Å²) in [6.45, 7) is 2.13. The predicted molar refractivity (Wildman–Crippen MR) is 112 cm³/mol. The van der Waals surface area contributed by atoms with Crippen LogP contribution in [-0.2, 0) is 0 Å². The van der Waals surface area contributed by atoms with Gasteiger partial charge in [0.1, 0.15) is 5.75 Å². The van der Waals surface area contributed by atoms with Crippen molar-refractivity contribution < 1.29 is 10.2 Å². The van der Waals surface area contributed by atoms with Crippen molar-refractivity contribution in [3.63, 3.8) is 0 Å². The SMILES string of the molecule is C[C@@H]([C@@H](O)c1ccc(O)cc1)N1[C@H]2CC[C@H]1CC(Sc1ccc(Cl)cc1)C2. The van der Waals surface area contributed by atoms with Crippen molar-refractivity contribution >= 4 is 23.4 Å². The molecule has 2 aromatic carbocycles. The number of aliphatic hydroxyl groups is 1. The van der Waals surface area contributed by atoms with Crippen LogP contribution in [0.4, 0.5) is 0 Å². The third kappa shape index (κ3) is 4.14. The number of nitrogens with zero attached hydrogens (tertiary/aromatic N) is 1. The summed E-state index contributed by atoms with van der Waals surface area (Å²) >= 11 is 7.97. The van der Waals surface area contributed by atoms with Gasteiger partial charge in [-0.3, -0.25) is 4.90 Å². The van der Waals surface area contributed by atoms with Crippen molar-refractivity contribution in [2.45, 2.75) is 67.0 Å². The lowest BCUT2D eigenvalue weighted by Crippen LogP contribution is -2.50. The van der Waals surface area contributed by atoms with E-state index in [0.717, 1.165) is 23.4 Å². The number of thioether (sulfide) groups is 1. The summed E-state index contributed by atoms with van der Waals surface area (Å²) in [6, 6.07) is 16.2. The molecule has 0 unspecified atom stereocenters. The minimum atomic E-state index is -0.533. The first-order valence-corrected chi connectivity index (χ1v) is 10.9. The largest absolute Gasteiger partial charge is 0.508 e. The van der Waals surface area contributed by atoms with Gasteiger partial charge in [-0.2, -0.15) is 0 Å². The first kappa shape index (κ1) is 19.1. The maximum absolute atomic E-state index is 10.9. The number of fused-ring (bicyclic) bond motifs is 2. The predicted octanol–water partition coefficient (Wildman–Crippen LogP) is 5.26. The van der Waals surface area contributed by atoms with Crippen LogP contribution < -0.4 is 0 Å².